The molecule has 64 valence electrons. The number of aryl methyl sites for hydroxylation is 1. The van der Waals surface area contributed by atoms with Gasteiger partial charge in [-0.3, -0.25) is 4.98 Å². The molecular formula is C10H19N. The van der Waals surface area contributed by atoms with Gasteiger partial charge >= 0.3 is 0 Å². The molecule has 1 aromatic rings. The second-order valence-electron chi connectivity index (χ2n) is 1.53. The highest BCUT2D eigenvalue weighted by Gasteiger charge is 1.73. The Hall–Kier alpha value is -0.850. The second-order valence-corrected chi connectivity index (χ2v) is 1.53. The van der Waals surface area contributed by atoms with Gasteiger partial charge in [-0.15, -0.1) is 0 Å². The maximum atomic E-state index is 3.88. The zero-order valence-electron chi connectivity index (χ0n) is 8.26. The third-order valence-electron chi connectivity index (χ3n) is 0.809. The van der Waals surface area contributed by atoms with E-state index >= 15 is 0 Å². The van der Waals surface area contributed by atoms with Crippen molar-refractivity contribution in [2.45, 2.75) is 34.6 Å². The average Bonchev–Trinajstić information content (AvgIpc) is 2.13. The summed E-state index contributed by atoms with van der Waals surface area (Å²) in [6, 6.07) is 3.95. The van der Waals surface area contributed by atoms with E-state index in [4.69, 9.17) is 0 Å². The third-order valence-corrected chi connectivity index (χ3v) is 0.809. The third kappa shape index (κ3) is 9.15. The summed E-state index contributed by atoms with van der Waals surface area (Å²) in [5.74, 6) is 0. The van der Waals surface area contributed by atoms with Crippen molar-refractivity contribution in [1.29, 1.82) is 0 Å². The van der Waals surface area contributed by atoms with Crippen LogP contribution in [0.4, 0.5) is 0 Å². The fourth-order valence-corrected chi connectivity index (χ4v) is 0.448. The standard InChI is InChI=1S/C6H7N.2C2H6/c1-6-3-2-4-7-5-6;2*1-2/h2-5H,1H3;2*1-2H3. The van der Waals surface area contributed by atoms with E-state index in [1.807, 2.05) is 52.9 Å². The highest BCUT2D eigenvalue weighted by Crippen LogP contribution is 1.88. The molecule has 0 bridgehead atoms. The Morgan fingerprint density at radius 3 is 1.82 bits per heavy atom. The molecule has 11 heavy (non-hydrogen) atoms. The molecule has 0 saturated heterocycles. The van der Waals surface area contributed by atoms with E-state index in [2.05, 4.69) is 4.98 Å². The largest absolute Gasteiger partial charge is 0.264 e. The van der Waals surface area contributed by atoms with Gasteiger partial charge in [-0.2, -0.15) is 0 Å². The molecule has 0 N–H and O–H groups in total. The van der Waals surface area contributed by atoms with Crippen molar-refractivity contribution in [3.63, 3.8) is 0 Å². The summed E-state index contributed by atoms with van der Waals surface area (Å²) >= 11 is 0. The molecule has 0 aliphatic rings. The lowest BCUT2D eigenvalue weighted by Gasteiger charge is -1.82. The fourth-order valence-electron chi connectivity index (χ4n) is 0.448. The lowest BCUT2D eigenvalue weighted by molar-refractivity contribution is 1.27. The average molecular weight is 153 g/mol. The maximum Gasteiger partial charge on any atom is 0.0297 e. The van der Waals surface area contributed by atoms with Crippen molar-refractivity contribution in [1.82, 2.24) is 4.98 Å². The van der Waals surface area contributed by atoms with Crippen LogP contribution in [0.15, 0.2) is 24.5 Å². The van der Waals surface area contributed by atoms with Crippen LogP contribution in [0.1, 0.15) is 33.3 Å². The van der Waals surface area contributed by atoms with Crippen molar-refractivity contribution < 1.29 is 0 Å². The van der Waals surface area contributed by atoms with E-state index in [1.54, 1.807) is 6.20 Å². The molecule has 0 radical (unpaired) electrons. The van der Waals surface area contributed by atoms with Gasteiger partial charge in [0.1, 0.15) is 0 Å². The highest BCUT2D eigenvalue weighted by atomic mass is 14.6. The van der Waals surface area contributed by atoms with Crippen LogP contribution in [0, 0.1) is 6.92 Å². The van der Waals surface area contributed by atoms with E-state index in [0.717, 1.165) is 0 Å². The first-order valence-corrected chi connectivity index (χ1v) is 4.26. The number of aromatic nitrogens is 1. The van der Waals surface area contributed by atoms with Crippen LogP contribution in [-0.4, -0.2) is 4.98 Å². The van der Waals surface area contributed by atoms with Gasteiger partial charge in [0.25, 0.3) is 0 Å². The van der Waals surface area contributed by atoms with E-state index in [-0.39, 0.29) is 0 Å². The quantitative estimate of drug-likeness (QED) is 0.556. The molecule has 1 rings (SSSR count). The summed E-state index contributed by atoms with van der Waals surface area (Å²) in [4.78, 5) is 3.88. The Labute approximate surface area is 70.5 Å². The Kier molecular flexibility index (Phi) is 13.8. The fraction of sp³-hybridized carbons (Fsp3) is 0.500. The van der Waals surface area contributed by atoms with Crippen LogP contribution in [-0.2, 0) is 0 Å². The van der Waals surface area contributed by atoms with Crippen molar-refractivity contribution in [2.75, 3.05) is 0 Å². The lowest BCUT2D eigenvalue weighted by atomic mass is 10.3. The maximum absolute atomic E-state index is 3.88. The highest BCUT2D eigenvalue weighted by molar-refractivity contribution is 5.04. The topological polar surface area (TPSA) is 12.9 Å². The summed E-state index contributed by atoms with van der Waals surface area (Å²) in [7, 11) is 0. The molecule has 0 aliphatic carbocycles. The van der Waals surface area contributed by atoms with Crippen LogP contribution in [0.3, 0.4) is 0 Å². The normalized spacial score (nSPS) is 6.64. The SMILES string of the molecule is CC.CC.Cc1cccnc1. The summed E-state index contributed by atoms with van der Waals surface area (Å²) in [6.45, 7) is 10.0. The van der Waals surface area contributed by atoms with Crippen LogP contribution in [0.2, 0.25) is 0 Å². The molecular weight excluding hydrogens is 134 g/mol. The molecule has 0 spiro atoms. The first kappa shape index (κ1) is 12.8. The zero-order chi connectivity index (χ0) is 9.11. The Balaban J connectivity index is 0. The molecule has 1 heteroatoms. The Bertz CT molecular complexity index is 135. The molecule has 0 aromatic carbocycles. The van der Waals surface area contributed by atoms with Crippen molar-refractivity contribution in [3.05, 3.63) is 30.1 Å². The number of hydrogen-bond acceptors (Lipinski definition) is 1. The van der Waals surface area contributed by atoms with E-state index in [0.29, 0.717) is 0 Å². The van der Waals surface area contributed by atoms with Crippen molar-refractivity contribution in [2.24, 2.45) is 0 Å². The molecule has 0 amide bonds. The summed E-state index contributed by atoms with van der Waals surface area (Å²) in [5.41, 5.74) is 1.21. The molecule has 1 aromatic heterocycles. The minimum Gasteiger partial charge on any atom is -0.264 e. The summed E-state index contributed by atoms with van der Waals surface area (Å²) in [5, 5.41) is 0. The predicted octanol–water partition coefficient (Wildman–Crippen LogP) is 3.44. The van der Waals surface area contributed by atoms with Gasteiger partial charge in [0.2, 0.25) is 0 Å². The zero-order valence-corrected chi connectivity index (χ0v) is 8.26. The van der Waals surface area contributed by atoms with Gasteiger partial charge in [-0.1, -0.05) is 33.8 Å². The first-order valence-electron chi connectivity index (χ1n) is 4.26. The van der Waals surface area contributed by atoms with Crippen LogP contribution in [0.5, 0.6) is 0 Å². The van der Waals surface area contributed by atoms with Gasteiger partial charge in [-0.25, -0.2) is 0 Å². The van der Waals surface area contributed by atoms with E-state index in [9.17, 15) is 0 Å². The van der Waals surface area contributed by atoms with Crippen LogP contribution >= 0.6 is 0 Å². The van der Waals surface area contributed by atoms with Crippen molar-refractivity contribution in [3.8, 4) is 0 Å². The number of pyridine rings is 1. The molecule has 0 atom stereocenters. The lowest BCUT2D eigenvalue weighted by Crippen LogP contribution is -1.69. The van der Waals surface area contributed by atoms with Crippen molar-refractivity contribution >= 4 is 0 Å². The minimum atomic E-state index is 1.21. The van der Waals surface area contributed by atoms with Gasteiger partial charge in [0, 0.05) is 12.4 Å². The minimum absolute atomic E-state index is 1.21. The molecule has 0 fully saturated rings. The monoisotopic (exact) mass is 153 g/mol. The smallest absolute Gasteiger partial charge is 0.0297 e. The van der Waals surface area contributed by atoms with Gasteiger partial charge in [0.05, 0.1) is 0 Å². The Morgan fingerprint density at radius 2 is 1.64 bits per heavy atom. The molecule has 0 unspecified atom stereocenters. The molecule has 0 aliphatic heterocycles. The van der Waals surface area contributed by atoms with Crippen LogP contribution in [0.25, 0.3) is 0 Å². The number of hydrogen-bond donors (Lipinski definition) is 0. The second kappa shape index (κ2) is 11.9. The molecule has 0 saturated carbocycles. The van der Waals surface area contributed by atoms with Gasteiger partial charge in [-0.05, 0) is 18.6 Å². The summed E-state index contributed by atoms with van der Waals surface area (Å²) < 4.78 is 0. The molecule has 1 nitrogen and oxygen atoms in total. The number of nitrogens with zero attached hydrogens (tertiary/aromatic N) is 1. The Morgan fingerprint density at radius 1 is 1.09 bits per heavy atom. The van der Waals surface area contributed by atoms with Gasteiger partial charge < -0.3 is 0 Å². The summed E-state index contributed by atoms with van der Waals surface area (Å²) in [6.07, 6.45) is 3.60. The van der Waals surface area contributed by atoms with Gasteiger partial charge in [0.15, 0.2) is 0 Å². The van der Waals surface area contributed by atoms with E-state index in [1.165, 1.54) is 5.56 Å². The van der Waals surface area contributed by atoms with E-state index < -0.39 is 0 Å². The van der Waals surface area contributed by atoms with Crippen LogP contribution < -0.4 is 0 Å². The molecule has 1 heterocycles. The first-order chi connectivity index (χ1) is 5.39. The predicted molar refractivity (Wildman–Crippen MR) is 51.7 cm³/mol. The number of rotatable bonds is 0.